The van der Waals surface area contributed by atoms with Gasteiger partial charge < -0.3 is 9.72 Å². The number of hydrogen-bond donors (Lipinski definition) is 1. The summed E-state index contributed by atoms with van der Waals surface area (Å²) in [5, 5.41) is 0. The Hall–Kier alpha value is -1.52. The Kier molecular flexibility index (Phi) is 2.68. The lowest BCUT2D eigenvalue weighted by atomic mass is 10.8. The Bertz CT molecular complexity index is 245. The van der Waals surface area contributed by atoms with Gasteiger partial charge in [0.25, 0.3) is 0 Å². The first kappa shape index (κ1) is 8.58. The highest BCUT2D eigenvalue weighted by atomic mass is 16.6. The van der Waals surface area contributed by atoms with Crippen LogP contribution in [-0.4, -0.2) is 29.7 Å². The number of ether oxygens (including phenoxy) is 1. The van der Waals surface area contributed by atoms with Crippen LogP contribution in [0, 0.1) is 0 Å². The Morgan fingerprint density at radius 2 is 2.58 bits per heavy atom. The molecule has 66 valence electrons. The molecule has 0 saturated heterocycles. The molecule has 0 bridgehead atoms. The molecule has 0 aliphatic rings. The van der Waals surface area contributed by atoms with Gasteiger partial charge in [0.15, 0.2) is 0 Å². The van der Waals surface area contributed by atoms with Crippen molar-refractivity contribution in [3.8, 4) is 0 Å². The lowest BCUT2D eigenvalue weighted by Crippen LogP contribution is -2.27. The van der Waals surface area contributed by atoms with Gasteiger partial charge in [-0.15, -0.1) is 0 Å². The van der Waals surface area contributed by atoms with Crippen LogP contribution in [-0.2, 0) is 4.74 Å². The molecule has 0 radical (unpaired) electrons. The highest BCUT2D eigenvalue weighted by Crippen LogP contribution is 2.03. The average Bonchev–Trinajstić information content (AvgIpc) is 2.55. The number of aromatic nitrogens is 2. The zero-order valence-electron chi connectivity index (χ0n) is 7.07. The van der Waals surface area contributed by atoms with Crippen molar-refractivity contribution in [2.75, 3.05) is 18.6 Å². The van der Waals surface area contributed by atoms with Crippen LogP contribution in [0.15, 0.2) is 12.4 Å². The molecule has 1 heterocycles. The van der Waals surface area contributed by atoms with E-state index in [2.05, 4.69) is 9.97 Å². The molecule has 0 aliphatic heterocycles. The highest BCUT2D eigenvalue weighted by molar-refractivity contribution is 5.84. The SMILES string of the molecule is CCOC(=O)N(C)c1ncc[nH]1. The van der Waals surface area contributed by atoms with Crippen LogP contribution in [0.5, 0.6) is 0 Å². The van der Waals surface area contributed by atoms with Crippen molar-refractivity contribution in [2.24, 2.45) is 0 Å². The third-order valence-electron chi connectivity index (χ3n) is 1.34. The summed E-state index contributed by atoms with van der Waals surface area (Å²) in [5.74, 6) is 0.480. The van der Waals surface area contributed by atoms with Gasteiger partial charge in [0.05, 0.1) is 6.61 Å². The fourth-order valence-electron chi connectivity index (χ4n) is 0.747. The molecule has 0 atom stereocenters. The number of carbonyl (C=O) groups is 1. The molecule has 0 saturated carbocycles. The minimum Gasteiger partial charge on any atom is -0.449 e. The maximum atomic E-state index is 11.1. The zero-order chi connectivity index (χ0) is 8.97. The third-order valence-corrected chi connectivity index (χ3v) is 1.34. The average molecular weight is 169 g/mol. The van der Waals surface area contributed by atoms with Crippen molar-refractivity contribution >= 4 is 12.0 Å². The van der Waals surface area contributed by atoms with Crippen molar-refractivity contribution in [1.82, 2.24) is 9.97 Å². The Balaban J connectivity index is 2.59. The lowest BCUT2D eigenvalue weighted by molar-refractivity contribution is 0.161. The van der Waals surface area contributed by atoms with E-state index in [1.807, 2.05) is 0 Å². The van der Waals surface area contributed by atoms with Crippen LogP contribution in [0.1, 0.15) is 6.92 Å². The van der Waals surface area contributed by atoms with E-state index in [-0.39, 0.29) is 0 Å². The molecule has 0 aliphatic carbocycles. The van der Waals surface area contributed by atoms with Crippen molar-refractivity contribution in [2.45, 2.75) is 6.92 Å². The molecule has 0 unspecified atom stereocenters. The molecular formula is C7H11N3O2. The zero-order valence-corrected chi connectivity index (χ0v) is 7.07. The van der Waals surface area contributed by atoms with Crippen LogP contribution >= 0.6 is 0 Å². The summed E-state index contributed by atoms with van der Waals surface area (Å²) in [5.41, 5.74) is 0. The molecule has 1 amide bonds. The molecule has 5 heteroatoms. The standard InChI is InChI=1S/C7H11N3O2/c1-3-12-7(11)10(2)6-8-4-5-9-6/h4-5H,3H2,1-2H3,(H,8,9). The van der Waals surface area contributed by atoms with Gasteiger partial charge in [0, 0.05) is 19.4 Å². The minimum absolute atomic E-state index is 0.365. The number of nitrogens with zero attached hydrogens (tertiary/aromatic N) is 2. The van der Waals surface area contributed by atoms with E-state index in [1.165, 1.54) is 4.90 Å². The largest absolute Gasteiger partial charge is 0.449 e. The normalized spacial score (nSPS) is 9.50. The number of rotatable bonds is 2. The Morgan fingerprint density at radius 1 is 1.83 bits per heavy atom. The number of nitrogens with one attached hydrogen (secondary N) is 1. The number of imidazole rings is 1. The second-order valence-electron chi connectivity index (χ2n) is 2.17. The van der Waals surface area contributed by atoms with E-state index >= 15 is 0 Å². The fourth-order valence-corrected chi connectivity index (χ4v) is 0.747. The topological polar surface area (TPSA) is 58.2 Å². The summed E-state index contributed by atoms with van der Waals surface area (Å²) in [6.45, 7) is 2.12. The van der Waals surface area contributed by atoms with Crippen molar-refractivity contribution in [3.63, 3.8) is 0 Å². The van der Waals surface area contributed by atoms with E-state index in [9.17, 15) is 4.79 Å². The van der Waals surface area contributed by atoms with Gasteiger partial charge in [0.2, 0.25) is 5.95 Å². The molecule has 1 aromatic rings. The number of anilines is 1. The van der Waals surface area contributed by atoms with Crippen LogP contribution in [0.2, 0.25) is 0 Å². The molecular weight excluding hydrogens is 158 g/mol. The van der Waals surface area contributed by atoms with Crippen LogP contribution in [0.4, 0.5) is 10.7 Å². The fraction of sp³-hybridized carbons (Fsp3) is 0.429. The van der Waals surface area contributed by atoms with Crippen molar-refractivity contribution in [3.05, 3.63) is 12.4 Å². The van der Waals surface area contributed by atoms with E-state index < -0.39 is 6.09 Å². The summed E-state index contributed by atoms with van der Waals surface area (Å²) < 4.78 is 4.75. The van der Waals surface area contributed by atoms with Gasteiger partial charge >= 0.3 is 6.09 Å². The molecule has 0 spiro atoms. The van der Waals surface area contributed by atoms with Gasteiger partial charge in [0.1, 0.15) is 0 Å². The van der Waals surface area contributed by atoms with E-state index in [0.717, 1.165) is 0 Å². The highest BCUT2D eigenvalue weighted by Gasteiger charge is 2.12. The summed E-state index contributed by atoms with van der Waals surface area (Å²) in [4.78, 5) is 19.1. The first-order valence-corrected chi connectivity index (χ1v) is 3.65. The second kappa shape index (κ2) is 3.75. The molecule has 12 heavy (non-hydrogen) atoms. The Labute approximate surface area is 70.4 Å². The van der Waals surface area contributed by atoms with Gasteiger partial charge in [-0.05, 0) is 6.92 Å². The van der Waals surface area contributed by atoms with Gasteiger partial charge in [-0.1, -0.05) is 0 Å². The molecule has 0 fully saturated rings. The quantitative estimate of drug-likeness (QED) is 0.718. The van der Waals surface area contributed by atoms with Gasteiger partial charge in [-0.25, -0.2) is 9.78 Å². The minimum atomic E-state index is -0.410. The van der Waals surface area contributed by atoms with Crippen LogP contribution in [0.25, 0.3) is 0 Å². The molecule has 1 N–H and O–H groups in total. The number of amides is 1. The summed E-state index contributed by atoms with van der Waals surface area (Å²) >= 11 is 0. The van der Waals surface area contributed by atoms with Gasteiger partial charge in [-0.3, -0.25) is 4.90 Å². The maximum Gasteiger partial charge on any atom is 0.416 e. The predicted octanol–water partition coefficient (Wildman–Crippen LogP) is 1.00. The van der Waals surface area contributed by atoms with E-state index in [0.29, 0.717) is 12.6 Å². The summed E-state index contributed by atoms with van der Waals surface area (Å²) in [7, 11) is 1.59. The van der Waals surface area contributed by atoms with Crippen molar-refractivity contribution in [1.29, 1.82) is 0 Å². The van der Waals surface area contributed by atoms with E-state index in [1.54, 1.807) is 26.4 Å². The first-order valence-electron chi connectivity index (χ1n) is 3.65. The smallest absolute Gasteiger partial charge is 0.416 e. The van der Waals surface area contributed by atoms with Crippen LogP contribution < -0.4 is 4.90 Å². The number of carbonyl (C=O) groups excluding carboxylic acids is 1. The van der Waals surface area contributed by atoms with Crippen LogP contribution in [0.3, 0.4) is 0 Å². The number of H-pyrrole nitrogens is 1. The number of aromatic amines is 1. The summed E-state index contributed by atoms with van der Waals surface area (Å²) in [6, 6.07) is 0. The van der Waals surface area contributed by atoms with Crippen molar-refractivity contribution < 1.29 is 9.53 Å². The molecule has 1 rings (SSSR count). The van der Waals surface area contributed by atoms with Gasteiger partial charge in [-0.2, -0.15) is 0 Å². The molecule has 1 aromatic heterocycles. The third kappa shape index (κ3) is 1.75. The molecule has 5 nitrogen and oxygen atoms in total. The number of hydrogen-bond acceptors (Lipinski definition) is 3. The maximum absolute atomic E-state index is 11.1. The van der Waals surface area contributed by atoms with E-state index in [4.69, 9.17) is 4.74 Å². The Morgan fingerprint density at radius 3 is 3.08 bits per heavy atom. The second-order valence-corrected chi connectivity index (χ2v) is 2.17. The molecule has 0 aromatic carbocycles. The predicted molar refractivity (Wildman–Crippen MR) is 44.0 cm³/mol. The first-order chi connectivity index (χ1) is 5.75. The monoisotopic (exact) mass is 169 g/mol. The lowest BCUT2D eigenvalue weighted by Gasteiger charge is -2.12. The summed E-state index contributed by atoms with van der Waals surface area (Å²) in [6.07, 6.45) is 2.81.